The molecular weight excluding hydrogens is 270 g/mol. The SMILES string of the molecule is CC(C)(O)Cn1c(N)nc2cccc(Br)c21. The molecule has 0 saturated carbocycles. The molecule has 1 aromatic heterocycles. The van der Waals surface area contributed by atoms with Crippen molar-refractivity contribution in [3.63, 3.8) is 0 Å². The molecule has 2 aromatic rings. The molecule has 0 aliphatic heterocycles. The number of hydrogen-bond acceptors (Lipinski definition) is 3. The fraction of sp³-hybridized carbons (Fsp3) is 0.364. The lowest BCUT2D eigenvalue weighted by molar-refractivity contribution is 0.0632. The van der Waals surface area contributed by atoms with Gasteiger partial charge in [0.1, 0.15) is 0 Å². The van der Waals surface area contributed by atoms with Crippen molar-refractivity contribution in [1.82, 2.24) is 9.55 Å². The Kier molecular flexibility index (Phi) is 2.67. The van der Waals surface area contributed by atoms with Crippen molar-refractivity contribution in [2.75, 3.05) is 5.73 Å². The van der Waals surface area contributed by atoms with Crippen molar-refractivity contribution >= 4 is 32.9 Å². The highest BCUT2D eigenvalue weighted by Gasteiger charge is 2.18. The van der Waals surface area contributed by atoms with Gasteiger partial charge in [0.2, 0.25) is 5.95 Å². The van der Waals surface area contributed by atoms with Gasteiger partial charge in [-0.2, -0.15) is 0 Å². The van der Waals surface area contributed by atoms with Crippen LogP contribution in [0.1, 0.15) is 13.8 Å². The summed E-state index contributed by atoms with van der Waals surface area (Å²) in [5, 5.41) is 9.84. The lowest BCUT2D eigenvalue weighted by Gasteiger charge is -2.19. The Morgan fingerprint density at radius 3 is 2.81 bits per heavy atom. The first kappa shape index (κ1) is 11.4. The molecule has 0 aliphatic rings. The Labute approximate surface area is 102 Å². The zero-order valence-corrected chi connectivity index (χ0v) is 10.8. The molecule has 86 valence electrons. The van der Waals surface area contributed by atoms with Gasteiger partial charge in [0.05, 0.1) is 23.2 Å². The molecule has 0 radical (unpaired) electrons. The minimum atomic E-state index is -0.822. The number of anilines is 1. The number of halogens is 1. The zero-order chi connectivity index (χ0) is 11.9. The van der Waals surface area contributed by atoms with Crippen LogP contribution in [0.4, 0.5) is 5.95 Å². The summed E-state index contributed by atoms with van der Waals surface area (Å²) >= 11 is 3.47. The van der Waals surface area contributed by atoms with Crippen LogP contribution in [-0.4, -0.2) is 20.3 Å². The molecule has 0 unspecified atom stereocenters. The first-order valence-corrected chi connectivity index (χ1v) is 5.80. The lowest BCUT2D eigenvalue weighted by Crippen LogP contribution is -2.26. The van der Waals surface area contributed by atoms with Crippen LogP contribution in [0.15, 0.2) is 22.7 Å². The highest BCUT2D eigenvalue weighted by atomic mass is 79.9. The number of aliphatic hydroxyl groups is 1. The van der Waals surface area contributed by atoms with E-state index >= 15 is 0 Å². The Morgan fingerprint density at radius 1 is 1.50 bits per heavy atom. The first-order valence-electron chi connectivity index (χ1n) is 5.01. The number of nitrogens with two attached hydrogens (primary N) is 1. The van der Waals surface area contributed by atoms with Gasteiger partial charge in [0.25, 0.3) is 0 Å². The Hall–Kier alpha value is -1.07. The molecule has 0 aliphatic carbocycles. The average Bonchev–Trinajstić information content (AvgIpc) is 2.42. The highest BCUT2D eigenvalue weighted by Crippen LogP contribution is 2.27. The maximum absolute atomic E-state index is 9.84. The molecule has 1 aromatic carbocycles. The molecule has 4 nitrogen and oxygen atoms in total. The minimum Gasteiger partial charge on any atom is -0.389 e. The van der Waals surface area contributed by atoms with E-state index < -0.39 is 5.60 Å². The molecule has 2 rings (SSSR count). The number of benzene rings is 1. The molecule has 0 saturated heterocycles. The van der Waals surface area contributed by atoms with E-state index in [4.69, 9.17) is 5.73 Å². The summed E-state index contributed by atoms with van der Waals surface area (Å²) in [4.78, 5) is 4.26. The maximum Gasteiger partial charge on any atom is 0.201 e. The first-order chi connectivity index (χ1) is 7.38. The normalized spacial score (nSPS) is 12.2. The summed E-state index contributed by atoms with van der Waals surface area (Å²) in [6.07, 6.45) is 0. The molecule has 16 heavy (non-hydrogen) atoms. The lowest BCUT2D eigenvalue weighted by atomic mass is 10.1. The smallest absolute Gasteiger partial charge is 0.201 e. The van der Waals surface area contributed by atoms with E-state index in [9.17, 15) is 5.11 Å². The second kappa shape index (κ2) is 3.75. The molecule has 0 atom stereocenters. The summed E-state index contributed by atoms with van der Waals surface area (Å²) in [5.74, 6) is 0.420. The topological polar surface area (TPSA) is 64.1 Å². The number of hydrogen-bond donors (Lipinski definition) is 2. The van der Waals surface area contributed by atoms with Gasteiger partial charge in [-0.15, -0.1) is 0 Å². The second-order valence-corrected chi connectivity index (χ2v) is 5.33. The molecular formula is C11H14BrN3O. The van der Waals surface area contributed by atoms with Crippen LogP contribution in [-0.2, 0) is 6.54 Å². The van der Waals surface area contributed by atoms with Gasteiger partial charge >= 0.3 is 0 Å². The second-order valence-electron chi connectivity index (χ2n) is 4.48. The maximum atomic E-state index is 9.84. The van der Waals surface area contributed by atoms with Crippen LogP contribution in [0.25, 0.3) is 11.0 Å². The number of rotatable bonds is 2. The van der Waals surface area contributed by atoms with E-state index in [2.05, 4.69) is 20.9 Å². The Morgan fingerprint density at radius 2 is 2.19 bits per heavy atom. The van der Waals surface area contributed by atoms with Crippen LogP contribution in [0.5, 0.6) is 0 Å². The predicted octanol–water partition coefficient (Wildman–Crippen LogP) is 2.15. The van der Waals surface area contributed by atoms with E-state index in [1.165, 1.54) is 0 Å². The van der Waals surface area contributed by atoms with Crippen molar-refractivity contribution < 1.29 is 5.11 Å². The van der Waals surface area contributed by atoms with Crippen molar-refractivity contribution in [1.29, 1.82) is 0 Å². The zero-order valence-electron chi connectivity index (χ0n) is 9.24. The number of nitrogen functional groups attached to an aromatic ring is 1. The summed E-state index contributed by atoms with van der Waals surface area (Å²) in [5.41, 5.74) is 6.78. The highest BCUT2D eigenvalue weighted by molar-refractivity contribution is 9.10. The third kappa shape index (κ3) is 2.05. The third-order valence-electron chi connectivity index (χ3n) is 2.29. The molecule has 0 amide bonds. The molecule has 0 bridgehead atoms. The molecule has 0 spiro atoms. The van der Waals surface area contributed by atoms with Gasteiger partial charge in [-0.05, 0) is 41.9 Å². The number of nitrogens with zero attached hydrogens (tertiary/aromatic N) is 2. The largest absolute Gasteiger partial charge is 0.389 e. The summed E-state index contributed by atoms with van der Waals surface area (Å²) in [7, 11) is 0. The van der Waals surface area contributed by atoms with Crippen molar-refractivity contribution in [3.05, 3.63) is 22.7 Å². The van der Waals surface area contributed by atoms with Crippen LogP contribution in [0, 0.1) is 0 Å². The van der Waals surface area contributed by atoms with Gasteiger partial charge < -0.3 is 15.4 Å². The minimum absolute atomic E-state index is 0.415. The molecule has 3 N–H and O–H groups in total. The summed E-state index contributed by atoms with van der Waals surface area (Å²) in [6.45, 7) is 3.90. The standard InChI is InChI=1S/C11H14BrN3O/c1-11(2,16)6-15-9-7(12)4-3-5-8(9)14-10(15)13/h3-5,16H,6H2,1-2H3,(H2,13,14). The van der Waals surface area contributed by atoms with Crippen molar-refractivity contribution in [2.24, 2.45) is 0 Å². The number of fused-ring (bicyclic) bond motifs is 1. The van der Waals surface area contributed by atoms with Gasteiger partial charge in [0.15, 0.2) is 0 Å². The van der Waals surface area contributed by atoms with Crippen LogP contribution in [0.2, 0.25) is 0 Å². The quantitative estimate of drug-likeness (QED) is 0.888. The van der Waals surface area contributed by atoms with E-state index in [0.717, 1.165) is 15.5 Å². The van der Waals surface area contributed by atoms with Crippen LogP contribution < -0.4 is 5.73 Å². The van der Waals surface area contributed by atoms with Gasteiger partial charge in [-0.25, -0.2) is 4.98 Å². The predicted molar refractivity (Wildman–Crippen MR) is 68.1 cm³/mol. The van der Waals surface area contributed by atoms with E-state index in [0.29, 0.717) is 12.5 Å². The average molecular weight is 284 g/mol. The van der Waals surface area contributed by atoms with E-state index in [1.54, 1.807) is 13.8 Å². The van der Waals surface area contributed by atoms with E-state index in [1.807, 2.05) is 22.8 Å². The van der Waals surface area contributed by atoms with Gasteiger partial charge in [0, 0.05) is 4.47 Å². The van der Waals surface area contributed by atoms with Crippen molar-refractivity contribution in [2.45, 2.75) is 26.0 Å². The molecule has 0 fully saturated rings. The van der Waals surface area contributed by atoms with Crippen molar-refractivity contribution in [3.8, 4) is 0 Å². The molecule has 1 heterocycles. The summed E-state index contributed by atoms with van der Waals surface area (Å²) in [6, 6.07) is 5.74. The number of imidazole rings is 1. The summed E-state index contributed by atoms with van der Waals surface area (Å²) < 4.78 is 2.75. The fourth-order valence-electron chi connectivity index (χ4n) is 1.71. The fourth-order valence-corrected chi connectivity index (χ4v) is 2.28. The Balaban J connectivity index is 2.64. The monoisotopic (exact) mass is 283 g/mol. The molecule has 5 heteroatoms. The van der Waals surface area contributed by atoms with Crippen LogP contribution in [0.3, 0.4) is 0 Å². The third-order valence-corrected chi connectivity index (χ3v) is 2.93. The van der Waals surface area contributed by atoms with E-state index in [-0.39, 0.29) is 0 Å². The van der Waals surface area contributed by atoms with Crippen LogP contribution >= 0.6 is 15.9 Å². The Bertz CT molecular complexity index is 528. The number of aromatic nitrogens is 2. The number of para-hydroxylation sites is 1. The van der Waals surface area contributed by atoms with Gasteiger partial charge in [-0.3, -0.25) is 0 Å². The van der Waals surface area contributed by atoms with Gasteiger partial charge in [-0.1, -0.05) is 6.07 Å².